The largest absolute Gasteiger partial charge is 0.494 e. The van der Waals surface area contributed by atoms with Crippen LogP contribution in [0.3, 0.4) is 0 Å². The molecule has 0 saturated heterocycles. The molecule has 2 aromatic carbocycles. The van der Waals surface area contributed by atoms with Gasteiger partial charge in [-0.2, -0.15) is 0 Å². The molecule has 2 aromatic rings. The van der Waals surface area contributed by atoms with Crippen molar-refractivity contribution in [3.8, 4) is 5.75 Å². The Kier molecular flexibility index (Phi) is 9.22. The first-order valence-corrected chi connectivity index (χ1v) is 10.3. The van der Waals surface area contributed by atoms with Crippen LogP contribution in [0.1, 0.15) is 44.2 Å². The van der Waals surface area contributed by atoms with E-state index >= 15 is 0 Å². The number of amides is 2. The van der Waals surface area contributed by atoms with E-state index in [-0.39, 0.29) is 11.8 Å². The number of benzene rings is 2. The van der Waals surface area contributed by atoms with E-state index < -0.39 is 6.04 Å². The number of carbonyl (C=O) groups excluding carboxylic acids is 2. The van der Waals surface area contributed by atoms with Crippen molar-refractivity contribution in [2.45, 2.75) is 52.6 Å². The van der Waals surface area contributed by atoms with Crippen molar-refractivity contribution in [3.05, 3.63) is 65.7 Å². The van der Waals surface area contributed by atoms with Gasteiger partial charge in [-0.25, -0.2) is 0 Å². The average molecular weight is 397 g/mol. The number of nitrogens with one attached hydrogen (secondary N) is 1. The minimum atomic E-state index is -0.523. The molecule has 5 nitrogen and oxygen atoms in total. The predicted molar refractivity (Wildman–Crippen MR) is 116 cm³/mol. The maximum Gasteiger partial charge on any atom is 0.242 e. The molecule has 0 aliphatic carbocycles. The summed E-state index contributed by atoms with van der Waals surface area (Å²) < 4.78 is 5.68. The van der Waals surface area contributed by atoms with Gasteiger partial charge < -0.3 is 15.0 Å². The molecule has 0 spiro atoms. The van der Waals surface area contributed by atoms with Gasteiger partial charge in [0.25, 0.3) is 0 Å². The molecule has 29 heavy (non-hydrogen) atoms. The number of rotatable bonds is 11. The molecule has 2 amide bonds. The van der Waals surface area contributed by atoms with E-state index in [4.69, 9.17) is 4.74 Å². The molecule has 0 aliphatic rings. The van der Waals surface area contributed by atoms with E-state index in [1.165, 1.54) is 5.56 Å². The number of ether oxygens (including phenoxy) is 1. The smallest absolute Gasteiger partial charge is 0.242 e. The molecule has 1 N–H and O–H groups in total. The summed E-state index contributed by atoms with van der Waals surface area (Å²) in [5.74, 6) is 0.637. The number of carbonyl (C=O) groups is 2. The van der Waals surface area contributed by atoms with Gasteiger partial charge in [-0.3, -0.25) is 9.59 Å². The second-order valence-corrected chi connectivity index (χ2v) is 7.24. The Hall–Kier alpha value is -2.82. The van der Waals surface area contributed by atoms with Crippen molar-refractivity contribution in [1.29, 1.82) is 0 Å². The number of hydrogen-bond donors (Lipinski definition) is 1. The first-order chi connectivity index (χ1) is 14.0. The molecule has 0 radical (unpaired) electrons. The van der Waals surface area contributed by atoms with Gasteiger partial charge in [0.15, 0.2) is 0 Å². The van der Waals surface area contributed by atoms with Crippen LogP contribution in [0.5, 0.6) is 5.75 Å². The average Bonchev–Trinajstić information content (AvgIpc) is 2.74. The summed E-state index contributed by atoms with van der Waals surface area (Å²) in [6, 6.07) is 17.1. The van der Waals surface area contributed by atoms with Crippen molar-refractivity contribution in [2.75, 3.05) is 13.2 Å². The van der Waals surface area contributed by atoms with Crippen LogP contribution < -0.4 is 10.1 Å². The van der Waals surface area contributed by atoms with Gasteiger partial charge >= 0.3 is 0 Å². The number of hydrogen-bond acceptors (Lipinski definition) is 3. The Bertz CT molecular complexity index is 759. The highest BCUT2D eigenvalue weighted by atomic mass is 16.5. The highest BCUT2D eigenvalue weighted by molar-refractivity contribution is 5.87. The summed E-state index contributed by atoms with van der Waals surface area (Å²) in [7, 11) is 0. The molecule has 0 bridgehead atoms. The Labute approximate surface area is 174 Å². The van der Waals surface area contributed by atoms with Crippen LogP contribution >= 0.6 is 0 Å². The predicted octanol–water partition coefficient (Wildman–Crippen LogP) is 4.10. The van der Waals surface area contributed by atoms with Gasteiger partial charge in [-0.15, -0.1) is 0 Å². The lowest BCUT2D eigenvalue weighted by Gasteiger charge is -2.29. The van der Waals surface area contributed by atoms with Gasteiger partial charge in [-0.1, -0.05) is 55.0 Å². The topological polar surface area (TPSA) is 58.6 Å². The third-order valence-electron chi connectivity index (χ3n) is 4.74. The van der Waals surface area contributed by atoms with Gasteiger partial charge in [0, 0.05) is 19.5 Å². The summed E-state index contributed by atoms with van der Waals surface area (Å²) in [5.41, 5.74) is 2.18. The standard InChI is InChI=1S/C24H32N2O3/c1-4-16-25-24(28)20(3)26(18-21-14-12-19(2)13-15-21)23(27)11-8-17-29-22-9-6-5-7-10-22/h5-7,9-10,12-15,20H,4,8,11,16-18H2,1-3H3,(H,25,28). The SMILES string of the molecule is CCCNC(=O)C(C)N(Cc1ccc(C)cc1)C(=O)CCCOc1ccccc1. The van der Waals surface area contributed by atoms with Gasteiger partial charge in [0.2, 0.25) is 11.8 Å². The third-order valence-corrected chi connectivity index (χ3v) is 4.74. The van der Waals surface area contributed by atoms with Crippen LogP contribution in [0.15, 0.2) is 54.6 Å². The Morgan fingerprint density at radius 3 is 2.41 bits per heavy atom. The minimum absolute atomic E-state index is 0.0404. The summed E-state index contributed by atoms with van der Waals surface area (Å²) in [6.45, 7) is 7.31. The zero-order valence-corrected chi connectivity index (χ0v) is 17.7. The molecule has 0 saturated carbocycles. The number of aryl methyl sites for hydroxylation is 1. The van der Waals surface area contributed by atoms with Crippen LogP contribution in [0.2, 0.25) is 0 Å². The Balaban J connectivity index is 1.97. The molecule has 0 fully saturated rings. The maximum atomic E-state index is 12.9. The fraction of sp³-hybridized carbons (Fsp3) is 0.417. The highest BCUT2D eigenvalue weighted by Crippen LogP contribution is 2.14. The second-order valence-electron chi connectivity index (χ2n) is 7.24. The van der Waals surface area contributed by atoms with E-state index in [1.807, 2.05) is 68.4 Å². The summed E-state index contributed by atoms with van der Waals surface area (Å²) in [4.78, 5) is 27.1. The van der Waals surface area contributed by atoms with Crippen LogP contribution in [-0.2, 0) is 16.1 Å². The maximum absolute atomic E-state index is 12.9. The lowest BCUT2D eigenvalue weighted by Crippen LogP contribution is -2.47. The van der Waals surface area contributed by atoms with Crippen LogP contribution in [-0.4, -0.2) is 35.9 Å². The molecule has 1 atom stereocenters. The molecular formula is C24H32N2O3. The van der Waals surface area contributed by atoms with Gasteiger partial charge in [0.05, 0.1) is 6.61 Å². The van der Waals surface area contributed by atoms with E-state index in [0.717, 1.165) is 17.7 Å². The van der Waals surface area contributed by atoms with E-state index in [1.54, 1.807) is 11.8 Å². The summed E-state index contributed by atoms with van der Waals surface area (Å²) in [6.07, 6.45) is 1.80. The van der Waals surface area contributed by atoms with E-state index in [0.29, 0.717) is 32.5 Å². The normalized spacial score (nSPS) is 11.6. The second kappa shape index (κ2) is 11.9. The van der Waals surface area contributed by atoms with Crippen LogP contribution in [0, 0.1) is 6.92 Å². The van der Waals surface area contributed by atoms with Crippen molar-refractivity contribution < 1.29 is 14.3 Å². The molecule has 0 heterocycles. The molecule has 0 aromatic heterocycles. The first-order valence-electron chi connectivity index (χ1n) is 10.3. The number of nitrogens with zero attached hydrogens (tertiary/aromatic N) is 1. The van der Waals surface area contributed by atoms with E-state index in [2.05, 4.69) is 5.32 Å². The lowest BCUT2D eigenvalue weighted by molar-refractivity contribution is -0.140. The van der Waals surface area contributed by atoms with Crippen molar-refractivity contribution in [2.24, 2.45) is 0 Å². The monoisotopic (exact) mass is 396 g/mol. The van der Waals surface area contributed by atoms with Crippen LogP contribution in [0.25, 0.3) is 0 Å². The Morgan fingerprint density at radius 2 is 1.76 bits per heavy atom. The van der Waals surface area contributed by atoms with E-state index in [9.17, 15) is 9.59 Å². The highest BCUT2D eigenvalue weighted by Gasteiger charge is 2.25. The molecular weight excluding hydrogens is 364 g/mol. The molecule has 2 rings (SSSR count). The minimum Gasteiger partial charge on any atom is -0.494 e. The fourth-order valence-corrected chi connectivity index (χ4v) is 2.94. The number of para-hydroxylation sites is 1. The molecule has 0 aliphatic heterocycles. The van der Waals surface area contributed by atoms with Crippen molar-refractivity contribution in [3.63, 3.8) is 0 Å². The summed E-state index contributed by atoms with van der Waals surface area (Å²) >= 11 is 0. The summed E-state index contributed by atoms with van der Waals surface area (Å²) in [5, 5.41) is 2.89. The molecule has 5 heteroatoms. The van der Waals surface area contributed by atoms with Crippen molar-refractivity contribution in [1.82, 2.24) is 10.2 Å². The van der Waals surface area contributed by atoms with Crippen LogP contribution in [0.4, 0.5) is 0 Å². The lowest BCUT2D eigenvalue weighted by atomic mass is 10.1. The zero-order valence-electron chi connectivity index (χ0n) is 17.7. The van der Waals surface area contributed by atoms with Gasteiger partial charge in [0.1, 0.15) is 11.8 Å². The third kappa shape index (κ3) is 7.60. The first kappa shape index (κ1) is 22.5. The van der Waals surface area contributed by atoms with Crippen molar-refractivity contribution >= 4 is 11.8 Å². The zero-order chi connectivity index (χ0) is 21.1. The Morgan fingerprint density at radius 1 is 1.07 bits per heavy atom. The fourth-order valence-electron chi connectivity index (χ4n) is 2.94. The molecule has 1 unspecified atom stereocenters. The molecule has 156 valence electrons. The van der Waals surface area contributed by atoms with Gasteiger partial charge in [-0.05, 0) is 44.4 Å². The quantitative estimate of drug-likeness (QED) is 0.582.